The van der Waals surface area contributed by atoms with Crippen molar-refractivity contribution in [2.24, 2.45) is 0 Å². The molecule has 0 spiro atoms. The maximum Gasteiger partial charge on any atom is 0.573 e. The molecular formula is C11H6BrF3N2O. The first-order chi connectivity index (χ1) is 8.44. The number of alkyl halides is 3. The Morgan fingerprint density at radius 2 is 1.83 bits per heavy atom. The van der Waals surface area contributed by atoms with Crippen molar-refractivity contribution in [3.8, 4) is 17.1 Å². The van der Waals surface area contributed by atoms with E-state index in [4.69, 9.17) is 0 Å². The Balaban J connectivity index is 2.22. The summed E-state index contributed by atoms with van der Waals surface area (Å²) in [6.07, 6.45) is -3.71. The van der Waals surface area contributed by atoms with Crippen LogP contribution >= 0.6 is 15.9 Å². The second-order valence-electron chi connectivity index (χ2n) is 3.27. The molecule has 0 N–H and O–H groups in total. The lowest BCUT2D eigenvalue weighted by atomic mass is 10.2. The zero-order chi connectivity index (χ0) is 13.2. The Morgan fingerprint density at radius 1 is 1.06 bits per heavy atom. The molecule has 0 atom stereocenters. The van der Waals surface area contributed by atoms with Crippen LogP contribution in [0.4, 0.5) is 13.2 Å². The molecule has 0 saturated heterocycles. The van der Waals surface area contributed by atoms with Gasteiger partial charge in [-0.25, -0.2) is 4.98 Å². The summed E-state index contributed by atoms with van der Waals surface area (Å²) in [5.74, 6) is -0.360. The molecular weight excluding hydrogens is 313 g/mol. The van der Waals surface area contributed by atoms with Crippen LogP contribution in [-0.2, 0) is 0 Å². The zero-order valence-corrected chi connectivity index (χ0v) is 10.4. The van der Waals surface area contributed by atoms with Gasteiger partial charge in [-0.15, -0.1) is 13.2 Å². The van der Waals surface area contributed by atoms with E-state index in [9.17, 15) is 13.2 Å². The van der Waals surface area contributed by atoms with Crippen LogP contribution in [0.5, 0.6) is 5.75 Å². The molecule has 0 unspecified atom stereocenters. The topological polar surface area (TPSA) is 35.0 Å². The molecule has 2 aromatic heterocycles. The lowest BCUT2D eigenvalue weighted by molar-refractivity contribution is -0.274. The Hall–Kier alpha value is -1.63. The van der Waals surface area contributed by atoms with Gasteiger partial charge in [-0.1, -0.05) is 6.07 Å². The van der Waals surface area contributed by atoms with Gasteiger partial charge in [0, 0.05) is 0 Å². The molecule has 0 aliphatic rings. The van der Waals surface area contributed by atoms with E-state index in [2.05, 4.69) is 30.6 Å². The molecule has 2 aromatic rings. The highest BCUT2D eigenvalue weighted by Crippen LogP contribution is 2.24. The van der Waals surface area contributed by atoms with Gasteiger partial charge in [-0.2, -0.15) is 0 Å². The molecule has 0 aliphatic carbocycles. The normalized spacial score (nSPS) is 11.3. The Kier molecular flexibility index (Phi) is 3.51. The molecule has 2 heterocycles. The lowest BCUT2D eigenvalue weighted by Crippen LogP contribution is -2.17. The molecule has 0 aliphatic heterocycles. The van der Waals surface area contributed by atoms with E-state index in [1.54, 1.807) is 18.2 Å². The molecule has 0 aromatic carbocycles. The third kappa shape index (κ3) is 3.43. The predicted molar refractivity (Wildman–Crippen MR) is 61.9 cm³/mol. The van der Waals surface area contributed by atoms with Gasteiger partial charge >= 0.3 is 6.36 Å². The summed E-state index contributed by atoms with van der Waals surface area (Å²) in [7, 11) is 0. The van der Waals surface area contributed by atoms with Gasteiger partial charge in [-0.05, 0) is 40.2 Å². The van der Waals surface area contributed by atoms with E-state index in [0.29, 0.717) is 16.0 Å². The fourth-order valence-electron chi connectivity index (χ4n) is 1.28. The highest BCUT2D eigenvalue weighted by molar-refractivity contribution is 9.10. The van der Waals surface area contributed by atoms with E-state index >= 15 is 0 Å². The largest absolute Gasteiger partial charge is 0.573 e. The van der Waals surface area contributed by atoms with Gasteiger partial charge in [0.15, 0.2) is 0 Å². The van der Waals surface area contributed by atoms with Crippen molar-refractivity contribution in [1.82, 2.24) is 9.97 Å². The minimum atomic E-state index is -4.71. The number of halogens is 4. The third-order valence-corrected chi connectivity index (χ3v) is 2.39. The van der Waals surface area contributed by atoms with Crippen molar-refractivity contribution in [3.63, 3.8) is 0 Å². The molecule has 0 bridgehead atoms. The van der Waals surface area contributed by atoms with Crippen molar-refractivity contribution in [1.29, 1.82) is 0 Å². The molecule has 0 saturated carbocycles. The van der Waals surface area contributed by atoms with E-state index < -0.39 is 6.36 Å². The standard InChI is InChI=1S/C11H6BrF3N2O/c12-10-3-1-2-9(17-10)8-5-4-7(6-16-8)18-11(13,14)15/h1-6H. The number of hydrogen-bond donors (Lipinski definition) is 0. The first-order valence-electron chi connectivity index (χ1n) is 4.79. The van der Waals surface area contributed by atoms with Gasteiger partial charge in [0.2, 0.25) is 0 Å². The van der Waals surface area contributed by atoms with Crippen molar-refractivity contribution in [2.45, 2.75) is 6.36 Å². The number of pyridine rings is 2. The highest BCUT2D eigenvalue weighted by Gasteiger charge is 2.31. The number of aromatic nitrogens is 2. The van der Waals surface area contributed by atoms with Crippen LogP contribution < -0.4 is 4.74 Å². The van der Waals surface area contributed by atoms with Gasteiger partial charge in [0.05, 0.1) is 17.6 Å². The average molecular weight is 319 g/mol. The summed E-state index contributed by atoms with van der Waals surface area (Å²) in [6.45, 7) is 0. The number of nitrogens with zero attached hydrogens (tertiary/aromatic N) is 2. The summed E-state index contributed by atoms with van der Waals surface area (Å²) >= 11 is 3.20. The summed E-state index contributed by atoms with van der Waals surface area (Å²) in [5.41, 5.74) is 1.02. The Bertz CT molecular complexity index is 543. The number of hydrogen-bond acceptors (Lipinski definition) is 3. The van der Waals surface area contributed by atoms with E-state index in [0.717, 1.165) is 6.20 Å². The first-order valence-corrected chi connectivity index (χ1v) is 5.58. The second-order valence-corrected chi connectivity index (χ2v) is 4.08. The van der Waals surface area contributed by atoms with Gasteiger partial charge in [0.25, 0.3) is 0 Å². The quantitative estimate of drug-likeness (QED) is 0.790. The van der Waals surface area contributed by atoms with Crippen molar-refractivity contribution in [3.05, 3.63) is 41.1 Å². The van der Waals surface area contributed by atoms with Crippen molar-refractivity contribution >= 4 is 15.9 Å². The summed E-state index contributed by atoms with van der Waals surface area (Å²) in [5, 5.41) is 0. The summed E-state index contributed by atoms with van der Waals surface area (Å²) < 4.78 is 40.2. The van der Waals surface area contributed by atoms with Crippen LogP contribution in [0.3, 0.4) is 0 Å². The van der Waals surface area contributed by atoms with Gasteiger partial charge in [0.1, 0.15) is 10.4 Å². The third-order valence-electron chi connectivity index (χ3n) is 1.95. The average Bonchev–Trinajstić information content (AvgIpc) is 2.28. The first kappa shape index (κ1) is 12.8. The van der Waals surface area contributed by atoms with Crippen LogP contribution in [-0.4, -0.2) is 16.3 Å². The summed E-state index contributed by atoms with van der Waals surface area (Å²) in [6, 6.07) is 7.81. The number of ether oxygens (including phenoxy) is 1. The van der Waals surface area contributed by atoms with Gasteiger partial charge < -0.3 is 4.74 Å². The summed E-state index contributed by atoms with van der Waals surface area (Å²) in [4.78, 5) is 8.00. The van der Waals surface area contributed by atoms with Crippen LogP contribution in [0.25, 0.3) is 11.4 Å². The fraction of sp³-hybridized carbons (Fsp3) is 0.0909. The molecule has 94 valence electrons. The maximum atomic E-state index is 11.9. The zero-order valence-electron chi connectivity index (χ0n) is 8.78. The maximum absolute atomic E-state index is 11.9. The van der Waals surface area contributed by atoms with E-state index in [-0.39, 0.29) is 5.75 Å². The van der Waals surface area contributed by atoms with E-state index in [1.165, 1.54) is 12.1 Å². The molecule has 2 rings (SSSR count). The Labute approximate surface area is 109 Å². The molecule has 18 heavy (non-hydrogen) atoms. The molecule has 0 radical (unpaired) electrons. The van der Waals surface area contributed by atoms with Crippen molar-refractivity contribution in [2.75, 3.05) is 0 Å². The SMILES string of the molecule is FC(F)(F)Oc1ccc(-c2cccc(Br)n2)nc1. The molecule has 7 heteroatoms. The predicted octanol–water partition coefficient (Wildman–Crippen LogP) is 3.80. The monoisotopic (exact) mass is 318 g/mol. The second kappa shape index (κ2) is 4.93. The molecule has 0 fully saturated rings. The fourth-order valence-corrected chi connectivity index (χ4v) is 1.62. The number of rotatable bonds is 2. The highest BCUT2D eigenvalue weighted by atomic mass is 79.9. The smallest absolute Gasteiger partial charge is 0.404 e. The molecule has 3 nitrogen and oxygen atoms in total. The van der Waals surface area contributed by atoms with Crippen LogP contribution in [0.1, 0.15) is 0 Å². The molecule has 0 amide bonds. The van der Waals surface area contributed by atoms with Gasteiger partial charge in [-0.3, -0.25) is 4.98 Å². The Morgan fingerprint density at radius 3 is 2.39 bits per heavy atom. The van der Waals surface area contributed by atoms with Crippen LogP contribution in [0, 0.1) is 0 Å². The van der Waals surface area contributed by atoms with E-state index in [1.807, 2.05) is 0 Å². The van der Waals surface area contributed by atoms with Crippen molar-refractivity contribution < 1.29 is 17.9 Å². The van der Waals surface area contributed by atoms with Crippen LogP contribution in [0.2, 0.25) is 0 Å². The minimum Gasteiger partial charge on any atom is -0.404 e. The minimum absolute atomic E-state index is 0.360. The van der Waals surface area contributed by atoms with Crippen LogP contribution in [0.15, 0.2) is 41.1 Å². The lowest BCUT2D eigenvalue weighted by Gasteiger charge is -2.08.